The first-order chi connectivity index (χ1) is 10.3. The van der Waals surface area contributed by atoms with Gasteiger partial charge in [-0.05, 0) is 36.8 Å². The number of nitrogens with zero attached hydrogens (tertiary/aromatic N) is 2. The quantitative estimate of drug-likeness (QED) is 0.590. The van der Waals surface area contributed by atoms with Gasteiger partial charge in [-0.2, -0.15) is 5.10 Å². The van der Waals surface area contributed by atoms with E-state index in [1.54, 1.807) is 0 Å². The van der Waals surface area contributed by atoms with E-state index in [1.165, 1.54) is 29.7 Å². The van der Waals surface area contributed by atoms with Gasteiger partial charge in [0.2, 0.25) is 0 Å². The first kappa shape index (κ1) is 12.6. The lowest BCUT2D eigenvalue weighted by atomic mass is 10.0. The van der Waals surface area contributed by atoms with E-state index in [2.05, 4.69) is 72.6 Å². The summed E-state index contributed by atoms with van der Waals surface area (Å²) in [5, 5.41) is 7.19. The molecular weight excluding hydrogens is 256 g/mol. The third-order valence-corrected chi connectivity index (χ3v) is 4.50. The Hall–Kier alpha value is -2.09. The summed E-state index contributed by atoms with van der Waals surface area (Å²) in [7, 11) is 0. The molecule has 2 aliphatic rings. The van der Waals surface area contributed by atoms with Crippen LogP contribution in [0.1, 0.15) is 43.0 Å². The highest BCUT2D eigenvalue weighted by Crippen LogP contribution is 2.55. The molecule has 2 aromatic carbocycles. The number of rotatable bonds is 4. The predicted molar refractivity (Wildman–Crippen MR) is 86.0 cm³/mol. The van der Waals surface area contributed by atoms with Gasteiger partial charge in [0, 0.05) is 5.71 Å². The maximum Gasteiger partial charge on any atom is 0.0990 e. The molecule has 4 rings (SSSR count). The highest BCUT2D eigenvalue weighted by molar-refractivity contribution is 5.86. The standard InChI is InChI=1S/C19H20N2/c1-14(15-12-13-15)20-21-18(16-8-4-2-5-9-16)19(21)17-10-6-3-7-11-17/h2-11,15,18-19H,12-13H2,1H3/b20-14+. The molecule has 1 saturated heterocycles. The lowest BCUT2D eigenvalue weighted by Gasteiger charge is -2.02. The molecule has 0 bridgehead atoms. The number of benzene rings is 2. The van der Waals surface area contributed by atoms with E-state index >= 15 is 0 Å². The molecule has 0 spiro atoms. The molecule has 2 heteroatoms. The monoisotopic (exact) mass is 276 g/mol. The molecule has 2 fully saturated rings. The normalized spacial score (nSPS) is 25.0. The largest absolute Gasteiger partial charge is 0.277 e. The van der Waals surface area contributed by atoms with Crippen molar-refractivity contribution in [2.24, 2.45) is 11.0 Å². The van der Waals surface area contributed by atoms with Gasteiger partial charge in [-0.15, -0.1) is 0 Å². The molecule has 1 saturated carbocycles. The summed E-state index contributed by atoms with van der Waals surface area (Å²) in [5.41, 5.74) is 4.02. The van der Waals surface area contributed by atoms with Crippen LogP contribution in [0.3, 0.4) is 0 Å². The summed E-state index contributed by atoms with van der Waals surface area (Å²) in [4.78, 5) is 0. The summed E-state index contributed by atoms with van der Waals surface area (Å²) >= 11 is 0. The van der Waals surface area contributed by atoms with Crippen LogP contribution in [-0.4, -0.2) is 10.7 Å². The van der Waals surface area contributed by atoms with Crippen molar-refractivity contribution in [2.45, 2.75) is 31.8 Å². The SMILES string of the molecule is C/C(=N\N1C(c2ccccc2)C1c1ccccc1)C1CC1. The average molecular weight is 276 g/mol. The van der Waals surface area contributed by atoms with Gasteiger partial charge in [-0.3, -0.25) is 5.01 Å². The zero-order valence-electron chi connectivity index (χ0n) is 12.3. The Kier molecular flexibility index (Phi) is 3.03. The minimum atomic E-state index is 0.391. The Bertz CT molecular complexity index is 598. The van der Waals surface area contributed by atoms with Crippen LogP contribution in [0.15, 0.2) is 65.8 Å². The van der Waals surface area contributed by atoms with Crippen molar-refractivity contribution in [3.05, 3.63) is 71.8 Å². The van der Waals surface area contributed by atoms with Crippen LogP contribution in [0.4, 0.5) is 0 Å². The van der Waals surface area contributed by atoms with Crippen LogP contribution in [0.25, 0.3) is 0 Å². The van der Waals surface area contributed by atoms with Crippen LogP contribution >= 0.6 is 0 Å². The Labute approximate surface area is 126 Å². The molecule has 0 N–H and O–H groups in total. The Balaban J connectivity index is 1.65. The van der Waals surface area contributed by atoms with E-state index in [4.69, 9.17) is 5.10 Å². The first-order valence-electron chi connectivity index (χ1n) is 7.78. The molecule has 2 unspecified atom stereocenters. The Morgan fingerprint density at radius 2 is 1.33 bits per heavy atom. The lowest BCUT2D eigenvalue weighted by molar-refractivity contribution is 0.518. The van der Waals surface area contributed by atoms with Crippen molar-refractivity contribution in [2.75, 3.05) is 0 Å². The third-order valence-electron chi connectivity index (χ3n) is 4.50. The highest BCUT2D eigenvalue weighted by atomic mass is 15.6. The summed E-state index contributed by atoms with van der Waals surface area (Å²) in [6, 6.07) is 22.2. The third kappa shape index (κ3) is 2.46. The fourth-order valence-corrected chi connectivity index (χ4v) is 3.08. The van der Waals surface area contributed by atoms with Gasteiger partial charge in [0.05, 0.1) is 12.1 Å². The summed E-state index contributed by atoms with van der Waals surface area (Å²) in [6.45, 7) is 2.18. The smallest absolute Gasteiger partial charge is 0.0990 e. The first-order valence-corrected chi connectivity index (χ1v) is 7.78. The van der Waals surface area contributed by atoms with Crippen molar-refractivity contribution in [1.29, 1.82) is 0 Å². The summed E-state index contributed by atoms with van der Waals surface area (Å²) in [5.74, 6) is 0.735. The van der Waals surface area contributed by atoms with Crippen molar-refractivity contribution >= 4 is 5.71 Å². The molecule has 21 heavy (non-hydrogen) atoms. The number of hydrazone groups is 1. The van der Waals surface area contributed by atoms with Gasteiger partial charge in [-0.25, -0.2) is 0 Å². The second-order valence-electron chi connectivity index (χ2n) is 6.11. The van der Waals surface area contributed by atoms with Crippen LogP contribution in [-0.2, 0) is 0 Å². The predicted octanol–water partition coefficient (Wildman–Crippen LogP) is 4.57. The van der Waals surface area contributed by atoms with Crippen molar-refractivity contribution in [1.82, 2.24) is 5.01 Å². The van der Waals surface area contributed by atoms with Crippen LogP contribution in [0.2, 0.25) is 0 Å². The van der Waals surface area contributed by atoms with E-state index in [-0.39, 0.29) is 0 Å². The van der Waals surface area contributed by atoms with Gasteiger partial charge >= 0.3 is 0 Å². The van der Waals surface area contributed by atoms with Gasteiger partial charge in [-0.1, -0.05) is 60.7 Å². The maximum atomic E-state index is 4.92. The molecule has 2 aromatic rings. The van der Waals surface area contributed by atoms with E-state index < -0.39 is 0 Å². The molecule has 0 aromatic heterocycles. The zero-order chi connectivity index (χ0) is 14.2. The van der Waals surface area contributed by atoms with E-state index in [0.29, 0.717) is 12.1 Å². The second kappa shape index (κ2) is 5.03. The van der Waals surface area contributed by atoms with Gasteiger partial charge in [0.15, 0.2) is 0 Å². The Morgan fingerprint density at radius 1 is 0.857 bits per heavy atom. The van der Waals surface area contributed by atoms with E-state index in [1.807, 2.05) is 0 Å². The molecule has 0 amide bonds. The average Bonchev–Trinajstić information content (AvgIpc) is 3.43. The maximum absolute atomic E-state index is 4.92. The van der Waals surface area contributed by atoms with Crippen molar-refractivity contribution < 1.29 is 0 Å². The fraction of sp³-hybridized carbons (Fsp3) is 0.316. The molecule has 1 aliphatic heterocycles. The second-order valence-corrected chi connectivity index (χ2v) is 6.11. The molecule has 1 heterocycles. The topological polar surface area (TPSA) is 15.4 Å². The van der Waals surface area contributed by atoms with Gasteiger partial charge < -0.3 is 0 Å². The van der Waals surface area contributed by atoms with Crippen molar-refractivity contribution in [3.8, 4) is 0 Å². The minimum absolute atomic E-state index is 0.391. The number of hydrogen-bond acceptors (Lipinski definition) is 2. The lowest BCUT2D eigenvalue weighted by Crippen LogP contribution is -1.99. The molecule has 1 aliphatic carbocycles. The van der Waals surface area contributed by atoms with Crippen molar-refractivity contribution in [3.63, 3.8) is 0 Å². The van der Waals surface area contributed by atoms with Gasteiger partial charge in [0.1, 0.15) is 0 Å². The van der Waals surface area contributed by atoms with E-state index in [0.717, 1.165) is 5.92 Å². The minimum Gasteiger partial charge on any atom is -0.277 e. The van der Waals surface area contributed by atoms with E-state index in [9.17, 15) is 0 Å². The molecule has 2 atom stereocenters. The van der Waals surface area contributed by atoms with Crippen LogP contribution in [0.5, 0.6) is 0 Å². The zero-order valence-corrected chi connectivity index (χ0v) is 12.3. The highest BCUT2D eigenvalue weighted by Gasteiger charge is 2.49. The number of hydrogen-bond donors (Lipinski definition) is 0. The van der Waals surface area contributed by atoms with Gasteiger partial charge in [0.25, 0.3) is 0 Å². The Morgan fingerprint density at radius 3 is 1.76 bits per heavy atom. The molecule has 106 valence electrons. The fourth-order valence-electron chi connectivity index (χ4n) is 3.08. The van der Waals surface area contributed by atoms with Crippen LogP contribution in [0, 0.1) is 5.92 Å². The molecule has 2 nitrogen and oxygen atoms in total. The summed E-state index contributed by atoms with van der Waals surface area (Å²) in [6.07, 6.45) is 2.63. The molecular formula is C19H20N2. The molecule has 0 radical (unpaired) electrons. The van der Waals surface area contributed by atoms with Crippen LogP contribution < -0.4 is 0 Å². The summed E-state index contributed by atoms with van der Waals surface area (Å²) < 4.78 is 0.